The topological polar surface area (TPSA) is 75.7 Å². The number of likely N-dealkylation sites (tertiary alicyclic amines) is 1. The SMILES string of the molecule is COC(=O)C1CCCCN1C(=O)CCNC(=O)C(C)(C)C. The molecule has 1 heterocycles. The number of methoxy groups -OCH3 is 1. The van der Waals surface area contributed by atoms with E-state index in [9.17, 15) is 14.4 Å². The summed E-state index contributed by atoms with van der Waals surface area (Å²) in [5.74, 6) is -0.556. The second-order valence-electron chi connectivity index (χ2n) is 6.38. The van der Waals surface area contributed by atoms with Gasteiger partial charge in [-0.3, -0.25) is 9.59 Å². The summed E-state index contributed by atoms with van der Waals surface area (Å²) >= 11 is 0. The number of amides is 2. The molecular formula is C15H26N2O4. The molecule has 0 spiro atoms. The molecule has 0 radical (unpaired) electrons. The van der Waals surface area contributed by atoms with E-state index in [1.165, 1.54) is 7.11 Å². The number of rotatable bonds is 4. The molecule has 0 bridgehead atoms. The smallest absolute Gasteiger partial charge is 0.328 e. The van der Waals surface area contributed by atoms with Crippen molar-refractivity contribution in [3.8, 4) is 0 Å². The Kier molecular flexibility index (Phi) is 6.18. The Morgan fingerprint density at radius 1 is 1.24 bits per heavy atom. The third kappa shape index (κ3) is 5.02. The summed E-state index contributed by atoms with van der Waals surface area (Å²) in [5, 5.41) is 2.75. The van der Waals surface area contributed by atoms with Gasteiger partial charge in [-0.25, -0.2) is 4.79 Å². The number of carbonyl (C=O) groups is 3. The van der Waals surface area contributed by atoms with E-state index in [1.54, 1.807) is 4.90 Å². The van der Waals surface area contributed by atoms with Crippen molar-refractivity contribution in [2.24, 2.45) is 5.41 Å². The fraction of sp³-hybridized carbons (Fsp3) is 0.800. The molecule has 2 amide bonds. The number of ether oxygens (including phenoxy) is 1. The number of nitrogens with one attached hydrogen (secondary N) is 1. The number of nitrogens with zero attached hydrogens (tertiary/aromatic N) is 1. The van der Waals surface area contributed by atoms with Crippen LogP contribution in [0.1, 0.15) is 46.5 Å². The van der Waals surface area contributed by atoms with E-state index in [0.29, 0.717) is 19.5 Å². The summed E-state index contributed by atoms with van der Waals surface area (Å²) in [4.78, 5) is 37.2. The maximum atomic E-state index is 12.2. The standard InChI is InChI=1S/C15H26N2O4/c1-15(2,3)14(20)16-9-8-12(18)17-10-6-5-7-11(17)13(19)21-4/h11H,5-10H2,1-4H3,(H,16,20). The van der Waals surface area contributed by atoms with Gasteiger partial charge in [-0.2, -0.15) is 0 Å². The van der Waals surface area contributed by atoms with Crippen molar-refractivity contribution < 1.29 is 19.1 Å². The van der Waals surface area contributed by atoms with Crippen LogP contribution in [-0.4, -0.2) is 48.9 Å². The van der Waals surface area contributed by atoms with Crippen LogP contribution in [0, 0.1) is 5.41 Å². The van der Waals surface area contributed by atoms with Crippen LogP contribution in [0.2, 0.25) is 0 Å². The predicted octanol–water partition coefficient (Wildman–Crippen LogP) is 1.09. The van der Waals surface area contributed by atoms with Crippen LogP contribution in [0.5, 0.6) is 0 Å². The van der Waals surface area contributed by atoms with Gasteiger partial charge in [0.15, 0.2) is 0 Å². The molecule has 1 atom stereocenters. The van der Waals surface area contributed by atoms with Gasteiger partial charge in [-0.15, -0.1) is 0 Å². The summed E-state index contributed by atoms with van der Waals surface area (Å²) in [7, 11) is 1.34. The number of piperidine rings is 1. The fourth-order valence-electron chi connectivity index (χ4n) is 2.30. The Balaban J connectivity index is 2.49. The Labute approximate surface area is 126 Å². The van der Waals surface area contributed by atoms with Gasteiger partial charge < -0.3 is 15.0 Å². The highest BCUT2D eigenvalue weighted by molar-refractivity contribution is 5.85. The highest BCUT2D eigenvalue weighted by atomic mass is 16.5. The normalized spacial score (nSPS) is 19.0. The number of hydrogen-bond acceptors (Lipinski definition) is 4. The second-order valence-corrected chi connectivity index (χ2v) is 6.38. The van der Waals surface area contributed by atoms with Gasteiger partial charge in [0, 0.05) is 24.9 Å². The van der Waals surface area contributed by atoms with Gasteiger partial charge in [0.1, 0.15) is 6.04 Å². The molecule has 0 saturated carbocycles. The molecule has 1 aliphatic rings. The van der Waals surface area contributed by atoms with Crippen LogP contribution < -0.4 is 5.32 Å². The van der Waals surface area contributed by atoms with Crippen LogP contribution in [0.25, 0.3) is 0 Å². The number of carbonyl (C=O) groups excluding carboxylic acids is 3. The Morgan fingerprint density at radius 2 is 1.90 bits per heavy atom. The van der Waals surface area contributed by atoms with Crippen molar-refractivity contribution in [3.63, 3.8) is 0 Å². The zero-order valence-corrected chi connectivity index (χ0v) is 13.4. The molecule has 0 aliphatic carbocycles. The van der Waals surface area contributed by atoms with Crippen molar-refractivity contribution in [2.75, 3.05) is 20.2 Å². The van der Waals surface area contributed by atoms with E-state index in [4.69, 9.17) is 4.74 Å². The second kappa shape index (κ2) is 7.43. The maximum absolute atomic E-state index is 12.2. The lowest BCUT2D eigenvalue weighted by Crippen LogP contribution is -2.49. The summed E-state index contributed by atoms with van der Waals surface area (Å²) < 4.78 is 4.75. The minimum atomic E-state index is -0.477. The first kappa shape index (κ1) is 17.5. The zero-order chi connectivity index (χ0) is 16.0. The quantitative estimate of drug-likeness (QED) is 0.788. The van der Waals surface area contributed by atoms with E-state index in [-0.39, 0.29) is 24.2 Å². The van der Waals surface area contributed by atoms with Crippen molar-refractivity contribution in [1.29, 1.82) is 0 Å². The summed E-state index contributed by atoms with van der Waals surface area (Å²) in [6.45, 7) is 6.33. The molecule has 0 aromatic rings. The summed E-state index contributed by atoms with van der Waals surface area (Å²) in [6, 6.07) is -0.477. The third-order valence-corrected chi connectivity index (χ3v) is 3.60. The van der Waals surface area contributed by atoms with Gasteiger partial charge in [0.2, 0.25) is 11.8 Å². The Morgan fingerprint density at radius 3 is 2.48 bits per heavy atom. The van der Waals surface area contributed by atoms with Crippen LogP contribution in [0.15, 0.2) is 0 Å². The molecule has 6 heteroatoms. The average molecular weight is 298 g/mol. The maximum Gasteiger partial charge on any atom is 0.328 e. The van der Waals surface area contributed by atoms with Crippen LogP contribution >= 0.6 is 0 Å². The van der Waals surface area contributed by atoms with Gasteiger partial charge in [-0.1, -0.05) is 20.8 Å². The fourth-order valence-corrected chi connectivity index (χ4v) is 2.30. The van der Waals surface area contributed by atoms with Gasteiger partial charge in [-0.05, 0) is 19.3 Å². The largest absolute Gasteiger partial charge is 0.467 e. The van der Waals surface area contributed by atoms with E-state index in [1.807, 2.05) is 20.8 Å². The Hall–Kier alpha value is -1.59. The van der Waals surface area contributed by atoms with Gasteiger partial charge in [0.05, 0.1) is 7.11 Å². The van der Waals surface area contributed by atoms with Crippen molar-refractivity contribution in [2.45, 2.75) is 52.5 Å². The lowest BCUT2D eigenvalue weighted by molar-refractivity contribution is -0.154. The minimum absolute atomic E-state index is 0.0848. The molecule has 1 aliphatic heterocycles. The lowest BCUT2D eigenvalue weighted by Gasteiger charge is -2.33. The predicted molar refractivity (Wildman–Crippen MR) is 78.4 cm³/mol. The first-order chi connectivity index (χ1) is 9.77. The highest BCUT2D eigenvalue weighted by Gasteiger charge is 2.32. The molecule has 21 heavy (non-hydrogen) atoms. The third-order valence-electron chi connectivity index (χ3n) is 3.60. The van der Waals surface area contributed by atoms with E-state index >= 15 is 0 Å². The van der Waals surface area contributed by atoms with E-state index < -0.39 is 11.5 Å². The first-order valence-electron chi connectivity index (χ1n) is 7.43. The molecule has 0 aromatic carbocycles. The first-order valence-corrected chi connectivity index (χ1v) is 7.43. The Bertz CT molecular complexity index is 401. The summed E-state index contributed by atoms with van der Waals surface area (Å²) in [5.41, 5.74) is -0.470. The lowest BCUT2D eigenvalue weighted by atomic mass is 9.96. The molecule has 6 nitrogen and oxygen atoms in total. The number of hydrogen-bond donors (Lipinski definition) is 1. The molecule has 1 fully saturated rings. The van der Waals surface area contributed by atoms with Crippen LogP contribution in [0.3, 0.4) is 0 Å². The molecule has 1 rings (SSSR count). The van der Waals surface area contributed by atoms with Crippen molar-refractivity contribution in [3.05, 3.63) is 0 Å². The molecule has 1 N–H and O–H groups in total. The van der Waals surface area contributed by atoms with Crippen molar-refractivity contribution in [1.82, 2.24) is 10.2 Å². The van der Waals surface area contributed by atoms with Gasteiger partial charge in [0.25, 0.3) is 0 Å². The molecule has 0 aromatic heterocycles. The average Bonchev–Trinajstić information content (AvgIpc) is 2.45. The minimum Gasteiger partial charge on any atom is -0.467 e. The monoisotopic (exact) mass is 298 g/mol. The van der Waals surface area contributed by atoms with Crippen LogP contribution in [0.4, 0.5) is 0 Å². The van der Waals surface area contributed by atoms with Crippen molar-refractivity contribution >= 4 is 17.8 Å². The molecule has 120 valence electrons. The molecule has 1 unspecified atom stereocenters. The van der Waals surface area contributed by atoms with E-state index in [0.717, 1.165) is 12.8 Å². The highest BCUT2D eigenvalue weighted by Crippen LogP contribution is 2.19. The van der Waals surface area contributed by atoms with Crippen LogP contribution in [-0.2, 0) is 19.1 Å². The summed E-state index contributed by atoms with van der Waals surface area (Å²) in [6.07, 6.45) is 2.67. The van der Waals surface area contributed by atoms with E-state index in [2.05, 4.69) is 5.32 Å². The number of esters is 1. The molecule has 1 saturated heterocycles. The molecular weight excluding hydrogens is 272 g/mol. The zero-order valence-electron chi connectivity index (χ0n) is 13.4. The van der Waals surface area contributed by atoms with Gasteiger partial charge >= 0.3 is 5.97 Å².